The Morgan fingerprint density at radius 3 is 2.56 bits per heavy atom. The molecule has 0 unspecified atom stereocenters. The molecular weight excluding hydrogens is 364 g/mol. The highest BCUT2D eigenvalue weighted by atomic mass is 35.5. The first-order valence-corrected chi connectivity index (χ1v) is 9.52. The largest absolute Gasteiger partial charge is 0.298 e. The van der Waals surface area contributed by atoms with E-state index in [9.17, 15) is 13.2 Å². The van der Waals surface area contributed by atoms with Crippen molar-refractivity contribution in [2.75, 3.05) is 0 Å². The topological polar surface area (TPSA) is 85.5 Å². The summed E-state index contributed by atoms with van der Waals surface area (Å²) in [5.41, 5.74) is 0.733. The van der Waals surface area contributed by atoms with Crippen LogP contribution in [0.5, 0.6) is 0 Å². The Morgan fingerprint density at radius 2 is 1.92 bits per heavy atom. The zero-order valence-electron chi connectivity index (χ0n) is 13.7. The Kier molecular flexibility index (Phi) is 4.68. The van der Waals surface area contributed by atoms with Crippen LogP contribution in [0.25, 0.3) is 5.52 Å². The van der Waals surface area contributed by atoms with Crippen LogP contribution in [0.4, 0.5) is 0 Å². The minimum atomic E-state index is -3.76. The van der Waals surface area contributed by atoms with Crippen LogP contribution < -0.4 is 10.3 Å². The SMILES string of the molecule is CCn1nc(C)n2cc(S(=O)(=O)NCc3ccc(Cl)cc3)cc2c1=O. The van der Waals surface area contributed by atoms with Crippen LogP contribution in [0.3, 0.4) is 0 Å². The molecule has 0 saturated carbocycles. The van der Waals surface area contributed by atoms with Gasteiger partial charge in [0.1, 0.15) is 16.2 Å². The third-order valence-electron chi connectivity index (χ3n) is 3.85. The summed E-state index contributed by atoms with van der Waals surface area (Å²) < 4.78 is 30.4. The summed E-state index contributed by atoms with van der Waals surface area (Å²) in [4.78, 5) is 12.3. The van der Waals surface area contributed by atoms with Gasteiger partial charge in [-0.15, -0.1) is 0 Å². The molecule has 25 heavy (non-hydrogen) atoms. The molecule has 3 rings (SSSR count). The number of fused-ring (bicyclic) bond motifs is 1. The number of nitrogens with one attached hydrogen (secondary N) is 1. The maximum Gasteiger partial charge on any atom is 0.291 e. The lowest BCUT2D eigenvalue weighted by Gasteiger charge is -2.05. The maximum absolute atomic E-state index is 12.5. The zero-order chi connectivity index (χ0) is 18.2. The van der Waals surface area contributed by atoms with Crippen molar-refractivity contribution in [1.82, 2.24) is 18.9 Å². The summed E-state index contributed by atoms with van der Waals surface area (Å²) in [6.45, 7) is 4.06. The molecular formula is C16H17ClN4O3S. The van der Waals surface area contributed by atoms with Gasteiger partial charge in [-0.2, -0.15) is 5.10 Å². The molecule has 0 amide bonds. The Labute approximate surface area is 149 Å². The van der Waals surface area contributed by atoms with E-state index in [-0.39, 0.29) is 22.5 Å². The molecule has 0 aliphatic rings. The van der Waals surface area contributed by atoms with Gasteiger partial charge in [-0.25, -0.2) is 17.8 Å². The van der Waals surface area contributed by atoms with Crippen LogP contribution in [0.2, 0.25) is 5.02 Å². The van der Waals surface area contributed by atoms with E-state index in [1.54, 1.807) is 38.1 Å². The molecule has 132 valence electrons. The minimum absolute atomic E-state index is 0.0253. The van der Waals surface area contributed by atoms with Gasteiger partial charge in [0.05, 0.1) is 0 Å². The van der Waals surface area contributed by atoms with Gasteiger partial charge < -0.3 is 0 Å². The highest BCUT2D eigenvalue weighted by molar-refractivity contribution is 7.89. The molecule has 0 aliphatic carbocycles. The van der Waals surface area contributed by atoms with Crippen LogP contribution in [-0.2, 0) is 23.1 Å². The number of nitrogens with zero attached hydrogens (tertiary/aromatic N) is 3. The van der Waals surface area contributed by atoms with E-state index in [0.717, 1.165) is 5.56 Å². The molecule has 2 aromatic heterocycles. The summed E-state index contributed by atoms with van der Waals surface area (Å²) >= 11 is 5.82. The van der Waals surface area contributed by atoms with Crippen molar-refractivity contribution in [2.45, 2.75) is 31.8 Å². The number of halogens is 1. The molecule has 0 radical (unpaired) electrons. The molecule has 9 heteroatoms. The van der Waals surface area contributed by atoms with Gasteiger partial charge in [0.2, 0.25) is 10.0 Å². The van der Waals surface area contributed by atoms with Crippen molar-refractivity contribution < 1.29 is 8.42 Å². The molecule has 0 bridgehead atoms. The number of hydrogen-bond acceptors (Lipinski definition) is 4. The number of rotatable bonds is 5. The van der Waals surface area contributed by atoms with E-state index in [1.165, 1.54) is 21.3 Å². The second-order valence-electron chi connectivity index (χ2n) is 5.55. The summed E-state index contributed by atoms with van der Waals surface area (Å²) in [6.07, 6.45) is 1.41. The predicted octanol–water partition coefficient (Wildman–Crippen LogP) is 1.96. The standard InChI is InChI=1S/C16H17ClN4O3S/c1-3-21-16(22)15-8-14(10-20(15)11(2)19-21)25(23,24)18-9-12-4-6-13(17)7-5-12/h4-8,10,18H,3,9H2,1-2H3. The third-order valence-corrected chi connectivity index (χ3v) is 5.47. The predicted molar refractivity (Wildman–Crippen MR) is 95.3 cm³/mol. The van der Waals surface area contributed by atoms with Gasteiger partial charge >= 0.3 is 0 Å². The Balaban J connectivity index is 1.94. The van der Waals surface area contributed by atoms with Gasteiger partial charge in [-0.3, -0.25) is 9.20 Å². The first-order chi connectivity index (χ1) is 11.8. The van der Waals surface area contributed by atoms with Crippen molar-refractivity contribution in [3.63, 3.8) is 0 Å². The Bertz CT molecular complexity index is 1090. The molecule has 0 fully saturated rings. The molecule has 0 saturated heterocycles. The number of aromatic nitrogens is 3. The summed E-state index contributed by atoms with van der Waals surface area (Å²) in [6, 6.07) is 8.25. The lowest BCUT2D eigenvalue weighted by Crippen LogP contribution is -2.25. The van der Waals surface area contributed by atoms with Crippen LogP contribution >= 0.6 is 11.6 Å². The van der Waals surface area contributed by atoms with E-state index in [1.807, 2.05) is 0 Å². The molecule has 2 heterocycles. The van der Waals surface area contributed by atoms with E-state index in [2.05, 4.69) is 9.82 Å². The second-order valence-corrected chi connectivity index (χ2v) is 7.75. The minimum Gasteiger partial charge on any atom is -0.298 e. The van der Waals surface area contributed by atoms with Crippen LogP contribution in [0.1, 0.15) is 18.3 Å². The molecule has 0 aliphatic heterocycles. The summed E-state index contributed by atoms with van der Waals surface area (Å²) in [7, 11) is -3.76. The average Bonchev–Trinajstić information content (AvgIpc) is 3.05. The van der Waals surface area contributed by atoms with Crippen molar-refractivity contribution in [2.24, 2.45) is 0 Å². The average molecular weight is 381 g/mol. The van der Waals surface area contributed by atoms with E-state index in [4.69, 9.17) is 11.6 Å². The number of hydrogen-bond donors (Lipinski definition) is 1. The summed E-state index contributed by atoms with van der Waals surface area (Å²) in [5, 5.41) is 4.74. The number of aryl methyl sites for hydroxylation is 2. The summed E-state index contributed by atoms with van der Waals surface area (Å²) in [5.74, 6) is 0.538. The fraction of sp³-hybridized carbons (Fsp3) is 0.250. The van der Waals surface area contributed by atoms with Gasteiger partial charge in [0.15, 0.2) is 0 Å². The van der Waals surface area contributed by atoms with Crippen LogP contribution in [-0.4, -0.2) is 22.6 Å². The normalized spacial score (nSPS) is 12.0. The van der Waals surface area contributed by atoms with Gasteiger partial charge in [0, 0.05) is 24.3 Å². The first kappa shape index (κ1) is 17.7. The van der Waals surface area contributed by atoms with Gasteiger partial charge in [-0.05, 0) is 37.6 Å². The molecule has 1 N–H and O–H groups in total. The number of sulfonamides is 1. The first-order valence-electron chi connectivity index (χ1n) is 7.66. The lowest BCUT2D eigenvalue weighted by molar-refractivity contribution is 0.581. The highest BCUT2D eigenvalue weighted by Gasteiger charge is 2.19. The van der Waals surface area contributed by atoms with E-state index < -0.39 is 10.0 Å². The van der Waals surface area contributed by atoms with E-state index in [0.29, 0.717) is 17.4 Å². The number of benzene rings is 1. The monoisotopic (exact) mass is 380 g/mol. The van der Waals surface area contributed by atoms with Crippen molar-refractivity contribution in [3.8, 4) is 0 Å². The molecule has 3 aromatic rings. The quantitative estimate of drug-likeness (QED) is 0.733. The molecule has 0 spiro atoms. The van der Waals surface area contributed by atoms with Crippen LogP contribution in [0, 0.1) is 6.92 Å². The maximum atomic E-state index is 12.5. The molecule has 7 nitrogen and oxygen atoms in total. The fourth-order valence-corrected chi connectivity index (χ4v) is 3.66. The zero-order valence-corrected chi connectivity index (χ0v) is 15.3. The van der Waals surface area contributed by atoms with Crippen molar-refractivity contribution in [3.05, 3.63) is 63.3 Å². The Hall–Kier alpha value is -2.16. The van der Waals surface area contributed by atoms with Crippen molar-refractivity contribution >= 4 is 27.1 Å². The molecule has 0 atom stereocenters. The Morgan fingerprint density at radius 1 is 1.24 bits per heavy atom. The molecule has 1 aromatic carbocycles. The van der Waals surface area contributed by atoms with E-state index >= 15 is 0 Å². The smallest absolute Gasteiger partial charge is 0.291 e. The lowest BCUT2D eigenvalue weighted by atomic mass is 10.2. The van der Waals surface area contributed by atoms with Gasteiger partial charge in [0.25, 0.3) is 5.56 Å². The van der Waals surface area contributed by atoms with Crippen molar-refractivity contribution in [1.29, 1.82) is 0 Å². The third kappa shape index (κ3) is 3.46. The van der Waals surface area contributed by atoms with Crippen LogP contribution in [0.15, 0.2) is 46.2 Å². The highest BCUT2D eigenvalue weighted by Crippen LogP contribution is 2.15. The fourth-order valence-electron chi connectivity index (χ4n) is 2.50. The van der Waals surface area contributed by atoms with Gasteiger partial charge in [-0.1, -0.05) is 23.7 Å². The second kappa shape index (κ2) is 6.62.